The smallest absolute Gasteiger partial charge is 0.254 e. The molecule has 2 heterocycles. The van der Waals surface area contributed by atoms with Gasteiger partial charge in [-0.3, -0.25) is 4.79 Å². The number of carbonyl (C=O) groups is 1. The van der Waals surface area contributed by atoms with E-state index in [1.807, 2.05) is 53.2 Å². The average Bonchev–Trinajstić information content (AvgIpc) is 2.96. The summed E-state index contributed by atoms with van der Waals surface area (Å²) in [5.41, 5.74) is 2.81. The van der Waals surface area contributed by atoms with Crippen molar-refractivity contribution in [1.29, 1.82) is 0 Å². The van der Waals surface area contributed by atoms with Crippen molar-refractivity contribution in [3.05, 3.63) is 47.8 Å². The Labute approximate surface area is 143 Å². The summed E-state index contributed by atoms with van der Waals surface area (Å²) >= 11 is 0. The highest BCUT2D eigenvalue weighted by atomic mass is 35.5. The van der Waals surface area contributed by atoms with Crippen LogP contribution in [0.25, 0.3) is 5.69 Å². The number of hydrogen-bond donors (Lipinski definition) is 1. The molecule has 1 aromatic carbocycles. The van der Waals surface area contributed by atoms with Crippen LogP contribution < -0.4 is 5.32 Å². The number of amides is 1. The van der Waals surface area contributed by atoms with Crippen molar-refractivity contribution in [1.82, 2.24) is 20.0 Å². The van der Waals surface area contributed by atoms with Crippen LogP contribution in [-0.4, -0.2) is 45.8 Å². The van der Waals surface area contributed by atoms with E-state index < -0.39 is 0 Å². The van der Waals surface area contributed by atoms with Gasteiger partial charge in [-0.25, -0.2) is 4.68 Å². The molecule has 3 rings (SSSR count). The van der Waals surface area contributed by atoms with Crippen molar-refractivity contribution in [2.75, 3.05) is 13.1 Å². The molecule has 23 heavy (non-hydrogen) atoms. The Bertz CT molecular complexity index is 667. The number of rotatable bonds is 2. The zero-order valence-electron chi connectivity index (χ0n) is 13.7. The molecule has 2 atom stereocenters. The minimum absolute atomic E-state index is 0. The van der Waals surface area contributed by atoms with Gasteiger partial charge >= 0.3 is 0 Å². The summed E-state index contributed by atoms with van der Waals surface area (Å²) in [5, 5.41) is 7.68. The van der Waals surface area contributed by atoms with Gasteiger partial charge in [0.2, 0.25) is 0 Å². The summed E-state index contributed by atoms with van der Waals surface area (Å²) in [6.07, 6.45) is 3.79. The molecule has 0 spiro atoms. The fourth-order valence-electron chi connectivity index (χ4n) is 2.82. The van der Waals surface area contributed by atoms with E-state index >= 15 is 0 Å². The van der Waals surface area contributed by atoms with Gasteiger partial charge < -0.3 is 10.2 Å². The van der Waals surface area contributed by atoms with Gasteiger partial charge in [-0.05, 0) is 50.6 Å². The molecule has 1 aliphatic heterocycles. The van der Waals surface area contributed by atoms with E-state index in [9.17, 15) is 4.79 Å². The molecule has 6 heteroatoms. The molecule has 2 aromatic rings. The van der Waals surface area contributed by atoms with Crippen LogP contribution >= 0.6 is 12.4 Å². The molecule has 0 aliphatic carbocycles. The number of piperazine rings is 1. The summed E-state index contributed by atoms with van der Waals surface area (Å²) in [6.45, 7) is 7.82. The summed E-state index contributed by atoms with van der Waals surface area (Å²) in [7, 11) is 0. The van der Waals surface area contributed by atoms with Crippen LogP contribution in [0.15, 0.2) is 36.7 Å². The second kappa shape index (κ2) is 7.15. The van der Waals surface area contributed by atoms with Gasteiger partial charge in [0.25, 0.3) is 5.91 Å². The zero-order valence-corrected chi connectivity index (χ0v) is 14.5. The minimum atomic E-state index is 0. The number of halogens is 1. The highest BCUT2D eigenvalue weighted by Gasteiger charge is 2.28. The topological polar surface area (TPSA) is 50.2 Å². The molecular formula is C17H23ClN4O. The molecule has 124 valence electrons. The molecule has 1 aromatic heterocycles. The van der Waals surface area contributed by atoms with E-state index in [1.165, 1.54) is 0 Å². The number of benzene rings is 1. The van der Waals surface area contributed by atoms with Crippen molar-refractivity contribution in [3.8, 4) is 5.69 Å². The quantitative estimate of drug-likeness (QED) is 0.917. The van der Waals surface area contributed by atoms with E-state index in [4.69, 9.17) is 0 Å². The van der Waals surface area contributed by atoms with Crippen LogP contribution in [0, 0.1) is 6.92 Å². The van der Waals surface area contributed by atoms with Crippen molar-refractivity contribution in [2.45, 2.75) is 32.9 Å². The molecule has 0 saturated carbocycles. The first-order chi connectivity index (χ1) is 10.6. The zero-order chi connectivity index (χ0) is 15.7. The van der Waals surface area contributed by atoms with Crippen molar-refractivity contribution in [2.24, 2.45) is 0 Å². The van der Waals surface area contributed by atoms with Crippen molar-refractivity contribution in [3.63, 3.8) is 0 Å². The first-order valence-electron chi connectivity index (χ1n) is 7.72. The molecule has 1 amide bonds. The summed E-state index contributed by atoms with van der Waals surface area (Å²) < 4.78 is 1.82. The Morgan fingerprint density at radius 1 is 1.26 bits per heavy atom. The minimum Gasteiger partial charge on any atom is -0.333 e. The lowest BCUT2D eigenvalue weighted by Gasteiger charge is -2.38. The molecule has 1 saturated heterocycles. The van der Waals surface area contributed by atoms with Crippen LogP contribution in [0.3, 0.4) is 0 Å². The van der Waals surface area contributed by atoms with E-state index in [2.05, 4.69) is 24.3 Å². The maximum Gasteiger partial charge on any atom is 0.254 e. The Kier molecular flexibility index (Phi) is 5.44. The third-order valence-electron chi connectivity index (χ3n) is 4.39. The van der Waals surface area contributed by atoms with Gasteiger partial charge in [-0.2, -0.15) is 5.10 Å². The molecule has 5 nitrogen and oxygen atoms in total. The lowest BCUT2D eigenvalue weighted by atomic mass is 10.1. The normalized spacial score (nSPS) is 20.9. The summed E-state index contributed by atoms with van der Waals surface area (Å²) in [5.74, 6) is 0.101. The lowest BCUT2D eigenvalue weighted by Crippen LogP contribution is -2.57. The van der Waals surface area contributed by atoms with Crippen LogP contribution in [-0.2, 0) is 0 Å². The van der Waals surface area contributed by atoms with Crippen LogP contribution in [0.4, 0.5) is 0 Å². The summed E-state index contributed by atoms with van der Waals surface area (Å²) in [6, 6.07) is 8.17. The van der Waals surface area contributed by atoms with Gasteiger partial charge in [-0.1, -0.05) is 0 Å². The Hall–Kier alpha value is -1.85. The highest BCUT2D eigenvalue weighted by molar-refractivity contribution is 5.94. The maximum absolute atomic E-state index is 12.7. The number of carbonyl (C=O) groups excluding carboxylic acids is 1. The number of nitrogens with zero attached hydrogens (tertiary/aromatic N) is 3. The highest BCUT2D eigenvalue weighted by Crippen LogP contribution is 2.16. The molecular weight excluding hydrogens is 312 g/mol. The predicted octanol–water partition coefficient (Wildman–Crippen LogP) is 2.42. The number of aryl methyl sites for hydroxylation is 1. The van der Waals surface area contributed by atoms with E-state index in [0.29, 0.717) is 6.04 Å². The van der Waals surface area contributed by atoms with Crippen molar-refractivity contribution < 1.29 is 4.79 Å². The van der Waals surface area contributed by atoms with E-state index in [0.717, 1.165) is 29.9 Å². The first kappa shape index (κ1) is 17.5. The molecule has 1 aliphatic rings. The number of aromatic nitrogens is 2. The van der Waals surface area contributed by atoms with Gasteiger partial charge in [0, 0.05) is 36.9 Å². The molecule has 1 fully saturated rings. The predicted molar refractivity (Wildman–Crippen MR) is 93.5 cm³/mol. The third-order valence-corrected chi connectivity index (χ3v) is 4.39. The van der Waals surface area contributed by atoms with Gasteiger partial charge in [0.15, 0.2) is 0 Å². The molecule has 0 radical (unpaired) electrons. The van der Waals surface area contributed by atoms with E-state index in [1.54, 1.807) is 0 Å². The fourth-order valence-corrected chi connectivity index (χ4v) is 2.82. The Morgan fingerprint density at radius 2 is 1.96 bits per heavy atom. The number of nitrogens with one attached hydrogen (secondary N) is 1. The second-order valence-electron chi connectivity index (χ2n) is 5.99. The second-order valence-corrected chi connectivity index (χ2v) is 5.99. The summed E-state index contributed by atoms with van der Waals surface area (Å²) in [4.78, 5) is 14.6. The van der Waals surface area contributed by atoms with Crippen LogP contribution in [0.1, 0.15) is 29.8 Å². The average molecular weight is 335 g/mol. The van der Waals surface area contributed by atoms with Crippen molar-refractivity contribution >= 4 is 18.3 Å². The van der Waals surface area contributed by atoms with Gasteiger partial charge in [-0.15, -0.1) is 12.4 Å². The first-order valence-corrected chi connectivity index (χ1v) is 7.72. The number of hydrogen-bond acceptors (Lipinski definition) is 3. The molecule has 2 unspecified atom stereocenters. The third kappa shape index (κ3) is 3.57. The Balaban J connectivity index is 0.00000192. The SMILES string of the molecule is Cc1cnn(-c2ccc(C(=O)N3CCNC(C)C3C)cc2)c1.Cl. The van der Waals surface area contributed by atoms with Crippen LogP contribution in [0.2, 0.25) is 0 Å². The largest absolute Gasteiger partial charge is 0.333 e. The molecule has 0 bridgehead atoms. The van der Waals surface area contributed by atoms with Gasteiger partial charge in [0.1, 0.15) is 0 Å². The molecule has 1 N–H and O–H groups in total. The maximum atomic E-state index is 12.7. The standard InChI is InChI=1S/C17H22N4O.ClH/c1-12-10-19-21(11-12)16-6-4-15(5-7-16)17(22)20-9-8-18-13(2)14(20)3;/h4-7,10-11,13-14,18H,8-9H2,1-3H3;1H. The fraction of sp³-hybridized carbons (Fsp3) is 0.412. The monoisotopic (exact) mass is 334 g/mol. The lowest BCUT2D eigenvalue weighted by molar-refractivity contribution is 0.0603. The Morgan fingerprint density at radius 3 is 2.57 bits per heavy atom. The van der Waals surface area contributed by atoms with Crippen LogP contribution in [0.5, 0.6) is 0 Å². The van der Waals surface area contributed by atoms with E-state index in [-0.39, 0.29) is 24.4 Å². The van der Waals surface area contributed by atoms with Gasteiger partial charge in [0.05, 0.1) is 11.9 Å².